The summed E-state index contributed by atoms with van der Waals surface area (Å²) in [7, 11) is 0. The quantitative estimate of drug-likeness (QED) is 0.0884. The van der Waals surface area contributed by atoms with E-state index in [1.54, 1.807) is 43.3 Å². The van der Waals surface area contributed by atoms with Crippen LogP contribution in [0.15, 0.2) is 97.5 Å². The molecule has 0 heterocycles. The first kappa shape index (κ1) is 27.9. The van der Waals surface area contributed by atoms with Crippen molar-refractivity contribution in [3.63, 3.8) is 0 Å². The molecule has 2 rings (SSSR count). The third-order valence-electron chi connectivity index (χ3n) is 4.80. The number of carbonyl (C=O) groups excluding carboxylic acids is 3. The van der Waals surface area contributed by atoms with Crippen LogP contribution in [0.25, 0.3) is 0 Å². The summed E-state index contributed by atoms with van der Waals surface area (Å²) in [6, 6.07) is 13.6. The molecule has 0 aromatic heterocycles. The third-order valence-corrected chi connectivity index (χ3v) is 4.80. The summed E-state index contributed by atoms with van der Waals surface area (Å²) in [6.45, 7) is 11.2. The van der Waals surface area contributed by atoms with Crippen molar-refractivity contribution in [2.45, 2.75) is 26.7 Å². The van der Waals surface area contributed by atoms with E-state index in [1.807, 2.05) is 19.1 Å². The Balaban J connectivity index is 1.87. The first-order valence-electron chi connectivity index (χ1n) is 11.4. The van der Waals surface area contributed by atoms with Gasteiger partial charge in [-0.25, -0.2) is 14.4 Å². The normalized spacial score (nSPS) is 11.3. The molecule has 0 spiro atoms. The number of ether oxygens (including phenoxy) is 4. The second kappa shape index (κ2) is 14.8. The Hall–Kier alpha value is -4.39. The molecule has 0 saturated heterocycles. The Morgan fingerprint density at radius 3 is 2.00 bits per heavy atom. The van der Waals surface area contributed by atoms with Gasteiger partial charge in [-0.1, -0.05) is 32.2 Å². The molecule has 2 aromatic carbocycles. The van der Waals surface area contributed by atoms with Gasteiger partial charge in [0.25, 0.3) is 0 Å². The molecule has 0 amide bonds. The molecule has 0 atom stereocenters. The molecule has 0 aliphatic rings. The number of rotatable bonds is 13. The van der Waals surface area contributed by atoms with Gasteiger partial charge in [-0.2, -0.15) is 0 Å². The zero-order chi connectivity index (χ0) is 26.3. The van der Waals surface area contributed by atoms with E-state index in [4.69, 9.17) is 18.9 Å². The van der Waals surface area contributed by atoms with Gasteiger partial charge >= 0.3 is 17.9 Å². The predicted molar refractivity (Wildman–Crippen MR) is 136 cm³/mol. The first-order chi connectivity index (χ1) is 17.4. The predicted octanol–water partition coefficient (Wildman–Crippen LogP) is 5.73. The standard InChI is InChI=1S/C29H30O7/c1-5-22-10-12-23(13-11-22)28(31)35-21(4)9-16-25(6-2)36-29(32)24-14-17-26(18-15-24)33-19-8-20-34-27(30)7-3/h6-7,9-18H,2-3,5,8,19-20H2,1,4H3/b21-9+,25-16+. The summed E-state index contributed by atoms with van der Waals surface area (Å²) in [5.41, 5.74) is 1.89. The van der Waals surface area contributed by atoms with Gasteiger partial charge in [0.05, 0.1) is 24.3 Å². The molecule has 0 N–H and O–H groups in total. The van der Waals surface area contributed by atoms with Crippen LogP contribution in [0.5, 0.6) is 5.75 Å². The fraction of sp³-hybridized carbons (Fsp3) is 0.207. The number of esters is 3. The van der Waals surface area contributed by atoms with Crippen LogP contribution in [-0.4, -0.2) is 31.1 Å². The van der Waals surface area contributed by atoms with Crippen LogP contribution in [0.2, 0.25) is 0 Å². The minimum absolute atomic E-state index is 0.192. The molecule has 36 heavy (non-hydrogen) atoms. The number of hydrogen-bond acceptors (Lipinski definition) is 7. The van der Waals surface area contributed by atoms with Crippen molar-refractivity contribution < 1.29 is 33.3 Å². The molecule has 188 valence electrons. The van der Waals surface area contributed by atoms with Crippen LogP contribution in [-0.2, 0) is 25.4 Å². The van der Waals surface area contributed by atoms with Crippen LogP contribution in [0.1, 0.15) is 46.5 Å². The van der Waals surface area contributed by atoms with Crippen molar-refractivity contribution in [2.24, 2.45) is 0 Å². The maximum absolute atomic E-state index is 12.5. The number of allylic oxidation sites excluding steroid dienone is 4. The van der Waals surface area contributed by atoms with E-state index in [1.165, 1.54) is 18.2 Å². The molecule has 0 unspecified atom stereocenters. The van der Waals surface area contributed by atoms with Crippen molar-refractivity contribution in [3.05, 3.63) is 114 Å². The minimum Gasteiger partial charge on any atom is -0.493 e. The second-order valence-corrected chi connectivity index (χ2v) is 7.48. The second-order valence-electron chi connectivity index (χ2n) is 7.48. The zero-order valence-electron chi connectivity index (χ0n) is 20.5. The van der Waals surface area contributed by atoms with Gasteiger partial charge < -0.3 is 18.9 Å². The van der Waals surface area contributed by atoms with E-state index < -0.39 is 17.9 Å². The minimum atomic E-state index is -0.580. The SMILES string of the molecule is C=CC(=O)OCCCOc1ccc(C(=O)O/C(C=C)=C/C=C(\C)OC(=O)c2ccc(CC)cc2)cc1. The summed E-state index contributed by atoms with van der Waals surface area (Å²) in [4.78, 5) is 35.7. The number of hydrogen-bond donors (Lipinski definition) is 0. The Kier molecular flexibility index (Phi) is 11.4. The van der Waals surface area contributed by atoms with Gasteiger partial charge in [-0.3, -0.25) is 0 Å². The maximum Gasteiger partial charge on any atom is 0.343 e. The lowest BCUT2D eigenvalue weighted by Crippen LogP contribution is -2.07. The van der Waals surface area contributed by atoms with E-state index >= 15 is 0 Å². The molecule has 0 fully saturated rings. The summed E-state index contributed by atoms with van der Waals surface area (Å²) in [5.74, 6) is -0.450. The highest BCUT2D eigenvalue weighted by atomic mass is 16.5. The van der Waals surface area contributed by atoms with Gasteiger partial charge in [0.15, 0.2) is 0 Å². The lowest BCUT2D eigenvalue weighted by molar-refractivity contribution is -0.137. The van der Waals surface area contributed by atoms with E-state index in [2.05, 4.69) is 13.2 Å². The smallest absolute Gasteiger partial charge is 0.343 e. The van der Waals surface area contributed by atoms with E-state index in [0.717, 1.165) is 18.1 Å². The summed E-state index contributed by atoms with van der Waals surface area (Å²) >= 11 is 0. The molecular weight excluding hydrogens is 460 g/mol. The lowest BCUT2D eigenvalue weighted by atomic mass is 10.1. The molecule has 7 heteroatoms. The Morgan fingerprint density at radius 1 is 0.806 bits per heavy atom. The van der Waals surface area contributed by atoms with E-state index in [0.29, 0.717) is 35.7 Å². The first-order valence-corrected chi connectivity index (χ1v) is 11.4. The molecular formula is C29H30O7. The zero-order valence-corrected chi connectivity index (χ0v) is 20.5. The van der Waals surface area contributed by atoms with Crippen LogP contribution in [0.4, 0.5) is 0 Å². The van der Waals surface area contributed by atoms with Crippen molar-refractivity contribution in [1.82, 2.24) is 0 Å². The van der Waals surface area contributed by atoms with Gasteiger partial charge in [-0.15, -0.1) is 0 Å². The fourth-order valence-corrected chi connectivity index (χ4v) is 2.79. The topological polar surface area (TPSA) is 88.1 Å². The average molecular weight is 491 g/mol. The van der Waals surface area contributed by atoms with Crippen LogP contribution >= 0.6 is 0 Å². The number of aryl methyl sites for hydroxylation is 1. The largest absolute Gasteiger partial charge is 0.493 e. The maximum atomic E-state index is 12.5. The Morgan fingerprint density at radius 2 is 1.42 bits per heavy atom. The van der Waals surface area contributed by atoms with Crippen molar-refractivity contribution >= 4 is 17.9 Å². The fourth-order valence-electron chi connectivity index (χ4n) is 2.79. The van der Waals surface area contributed by atoms with E-state index in [9.17, 15) is 14.4 Å². The number of benzene rings is 2. The van der Waals surface area contributed by atoms with Gasteiger partial charge in [0, 0.05) is 12.5 Å². The molecule has 0 aliphatic heterocycles. The summed E-state index contributed by atoms with van der Waals surface area (Å²) in [5, 5.41) is 0. The molecule has 2 aromatic rings. The van der Waals surface area contributed by atoms with Gasteiger partial charge in [0.2, 0.25) is 0 Å². The Bertz CT molecular complexity index is 1120. The van der Waals surface area contributed by atoms with Crippen LogP contribution < -0.4 is 4.74 Å². The highest BCUT2D eigenvalue weighted by Gasteiger charge is 2.10. The molecule has 0 radical (unpaired) electrons. The molecule has 7 nitrogen and oxygen atoms in total. The van der Waals surface area contributed by atoms with Crippen molar-refractivity contribution in [3.8, 4) is 5.75 Å². The summed E-state index contributed by atoms with van der Waals surface area (Å²) in [6.07, 6.45) is 6.89. The van der Waals surface area contributed by atoms with E-state index in [-0.39, 0.29) is 12.4 Å². The van der Waals surface area contributed by atoms with Crippen molar-refractivity contribution in [1.29, 1.82) is 0 Å². The summed E-state index contributed by atoms with van der Waals surface area (Å²) < 4.78 is 21.1. The molecule has 0 bridgehead atoms. The highest BCUT2D eigenvalue weighted by Crippen LogP contribution is 2.15. The monoisotopic (exact) mass is 490 g/mol. The average Bonchev–Trinajstić information content (AvgIpc) is 2.90. The third kappa shape index (κ3) is 9.46. The van der Waals surface area contributed by atoms with Crippen LogP contribution in [0, 0.1) is 0 Å². The van der Waals surface area contributed by atoms with Gasteiger partial charge in [0.1, 0.15) is 17.3 Å². The molecule has 0 saturated carbocycles. The van der Waals surface area contributed by atoms with Crippen molar-refractivity contribution in [2.75, 3.05) is 13.2 Å². The van der Waals surface area contributed by atoms with Gasteiger partial charge in [-0.05, 0) is 73.5 Å². The lowest BCUT2D eigenvalue weighted by Gasteiger charge is -2.08. The Labute approximate surface area is 211 Å². The highest BCUT2D eigenvalue weighted by molar-refractivity contribution is 5.91. The molecule has 0 aliphatic carbocycles. The number of carbonyl (C=O) groups is 3. The van der Waals surface area contributed by atoms with Crippen LogP contribution in [0.3, 0.4) is 0 Å².